The van der Waals surface area contributed by atoms with Crippen LogP contribution in [0.5, 0.6) is 0 Å². The van der Waals surface area contributed by atoms with Gasteiger partial charge in [0.1, 0.15) is 0 Å². The van der Waals surface area contributed by atoms with Crippen molar-refractivity contribution in [2.75, 3.05) is 12.9 Å². The lowest BCUT2D eigenvalue weighted by Crippen LogP contribution is -2.00. The number of ether oxygens (including phenoxy) is 1. The van der Waals surface area contributed by atoms with Crippen LogP contribution in [0.25, 0.3) is 0 Å². The average Bonchev–Trinajstić information content (AvgIpc) is 2.26. The van der Waals surface area contributed by atoms with E-state index in [1.165, 1.54) is 12.1 Å². The predicted molar refractivity (Wildman–Crippen MR) is 63.1 cm³/mol. The Balaban J connectivity index is 2.98. The summed E-state index contributed by atoms with van der Waals surface area (Å²) in [5.41, 5.74) is 0.459. The van der Waals surface area contributed by atoms with Gasteiger partial charge in [-0.25, -0.2) is 13.2 Å². The molecule has 0 saturated carbocycles. The molecule has 0 aliphatic carbocycles. The fourth-order valence-electron chi connectivity index (χ4n) is 1.09. The zero-order chi connectivity index (χ0) is 12.9. The molecule has 0 radical (unpaired) electrons. The van der Waals surface area contributed by atoms with Gasteiger partial charge in [0, 0.05) is 17.7 Å². The zero-order valence-electron chi connectivity index (χ0n) is 9.56. The minimum Gasteiger partial charge on any atom is -0.456 e. The summed E-state index contributed by atoms with van der Waals surface area (Å²) in [6.45, 7) is 1.95. The summed E-state index contributed by atoms with van der Waals surface area (Å²) >= 11 is 0. The summed E-state index contributed by atoms with van der Waals surface area (Å²) < 4.78 is 27.2. The largest absolute Gasteiger partial charge is 0.456 e. The van der Waals surface area contributed by atoms with Crippen molar-refractivity contribution in [3.63, 3.8) is 0 Å². The van der Waals surface area contributed by atoms with Crippen LogP contribution in [-0.4, -0.2) is 27.2 Å². The van der Waals surface area contributed by atoms with E-state index in [4.69, 9.17) is 0 Å². The number of carbonyl (C=O) groups excluding carboxylic acids is 1. The van der Waals surface area contributed by atoms with Crippen LogP contribution < -0.4 is 0 Å². The molecule has 0 amide bonds. The highest BCUT2D eigenvalue weighted by molar-refractivity contribution is 7.90. The standard InChI is InChI=1S/C12H12O4S/c1-3-16-12(13)8-7-10-5-4-6-11(9-10)17(2,14)15/h4-6,9H,3H2,1-2H3. The van der Waals surface area contributed by atoms with Crippen LogP contribution in [0.3, 0.4) is 0 Å². The molecule has 1 rings (SSSR count). The highest BCUT2D eigenvalue weighted by atomic mass is 32.2. The minimum absolute atomic E-state index is 0.174. The maximum Gasteiger partial charge on any atom is 0.384 e. The van der Waals surface area contributed by atoms with Crippen molar-refractivity contribution < 1.29 is 17.9 Å². The number of carbonyl (C=O) groups is 1. The second-order valence-electron chi connectivity index (χ2n) is 3.27. The second kappa shape index (κ2) is 5.51. The molecule has 0 N–H and O–H groups in total. The first-order valence-electron chi connectivity index (χ1n) is 4.92. The third kappa shape index (κ3) is 4.29. The van der Waals surface area contributed by atoms with Crippen molar-refractivity contribution in [1.82, 2.24) is 0 Å². The fraction of sp³-hybridized carbons (Fsp3) is 0.250. The summed E-state index contributed by atoms with van der Waals surface area (Å²) in [6.07, 6.45) is 1.12. The van der Waals surface area contributed by atoms with E-state index >= 15 is 0 Å². The van der Waals surface area contributed by atoms with Crippen molar-refractivity contribution in [1.29, 1.82) is 0 Å². The fourth-order valence-corrected chi connectivity index (χ4v) is 1.76. The van der Waals surface area contributed by atoms with Crippen LogP contribution in [0.1, 0.15) is 12.5 Å². The molecule has 0 saturated heterocycles. The average molecular weight is 252 g/mol. The molecule has 0 bridgehead atoms. The van der Waals surface area contributed by atoms with E-state index in [-0.39, 0.29) is 11.5 Å². The topological polar surface area (TPSA) is 60.4 Å². The smallest absolute Gasteiger partial charge is 0.384 e. The van der Waals surface area contributed by atoms with Crippen molar-refractivity contribution >= 4 is 15.8 Å². The molecule has 0 fully saturated rings. The molecule has 0 spiro atoms. The SMILES string of the molecule is CCOC(=O)C#Cc1cccc(S(C)(=O)=O)c1. The van der Waals surface area contributed by atoms with Crippen LogP contribution >= 0.6 is 0 Å². The van der Waals surface area contributed by atoms with Gasteiger partial charge in [-0.15, -0.1) is 0 Å². The molecular weight excluding hydrogens is 240 g/mol. The summed E-state index contributed by atoms with van der Waals surface area (Å²) in [5.74, 6) is 4.20. The van der Waals surface area contributed by atoms with E-state index in [0.717, 1.165) is 6.26 Å². The summed E-state index contributed by atoms with van der Waals surface area (Å²) in [6, 6.07) is 6.10. The Kier molecular flexibility index (Phi) is 4.30. The van der Waals surface area contributed by atoms with Crippen LogP contribution in [0.4, 0.5) is 0 Å². The molecule has 0 heterocycles. The molecule has 1 aromatic carbocycles. The second-order valence-corrected chi connectivity index (χ2v) is 5.29. The van der Waals surface area contributed by atoms with Gasteiger partial charge in [-0.1, -0.05) is 12.0 Å². The Morgan fingerprint density at radius 2 is 2.12 bits per heavy atom. The molecule has 1 aromatic rings. The molecule has 0 aromatic heterocycles. The van der Waals surface area contributed by atoms with Gasteiger partial charge in [0.2, 0.25) is 0 Å². The van der Waals surface area contributed by atoms with E-state index in [1.54, 1.807) is 19.1 Å². The van der Waals surface area contributed by atoms with Crippen LogP contribution in [-0.2, 0) is 19.4 Å². The molecule has 0 aliphatic rings. The third-order valence-corrected chi connectivity index (χ3v) is 2.96. The van der Waals surface area contributed by atoms with Crippen molar-refractivity contribution in [2.24, 2.45) is 0 Å². The van der Waals surface area contributed by atoms with Crippen LogP contribution in [0.2, 0.25) is 0 Å². The molecule has 90 valence electrons. The number of hydrogen-bond acceptors (Lipinski definition) is 4. The van der Waals surface area contributed by atoms with E-state index in [9.17, 15) is 13.2 Å². The normalized spacial score (nSPS) is 10.2. The molecule has 0 aliphatic heterocycles. The van der Waals surface area contributed by atoms with Gasteiger partial charge < -0.3 is 4.74 Å². The van der Waals surface area contributed by atoms with Crippen molar-refractivity contribution in [3.05, 3.63) is 29.8 Å². The predicted octanol–water partition coefficient (Wildman–Crippen LogP) is 1.00. The lowest BCUT2D eigenvalue weighted by Gasteiger charge is -1.97. The maximum atomic E-state index is 11.3. The Hall–Kier alpha value is -1.80. The molecular formula is C12H12O4S. The molecule has 4 nitrogen and oxygen atoms in total. The first-order valence-corrected chi connectivity index (χ1v) is 6.81. The van der Waals surface area contributed by atoms with E-state index < -0.39 is 15.8 Å². The summed E-state index contributed by atoms with van der Waals surface area (Å²) in [5, 5.41) is 0. The number of hydrogen-bond donors (Lipinski definition) is 0. The van der Waals surface area contributed by atoms with Gasteiger partial charge in [-0.05, 0) is 25.1 Å². The highest BCUT2D eigenvalue weighted by Crippen LogP contribution is 2.10. The molecule has 5 heteroatoms. The number of sulfone groups is 1. The van der Waals surface area contributed by atoms with Crippen molar-refractivity contribution in [3.8, 4) is 11.8 Å². The van der Waals surface area contributed by atoms with E-state index in [0.29, 0.717) is 5.56 Å². The summed E-state index contributed by atoms with van der Waals surface area (Å²) in [7, 11) is -3.26. The van der Waals surface area contributed by atoms with Crippen LogP contribution in [0, 0.1) is 11.8 Å². The van der Waals surface area contributed by atoms with Gasteiger partial charge >= 0.3 is 5.97 Å². The molecule has 0 atom stereocenters. The number of benzene rings is 1. The minimum atomic E-state index is -3.26. The Morgan fingerprint density at radius 1 is 1.41 bits per heavy atom. The maximum absolute atomic E-state index is 11.3. The van der Waals surface area contributed by atoms with Gasteiger partial charge in [0.15, 0.2) is 9.84 Å². The molecule has 0 unspecified atom stereocenters. The Morgan fingerprint density at radius 3 is 2.71 bits per heavy atom. The summed E-state index contributed by atoms with van der Waals surface area (Å²) in [4.78, 5) is 11.2. The third-order valence-electron chi connectivity index (χ3n) is 1.85. The van der Waals surface area contributed by atoms with Gasteiger partial charge in [-0.2, -0.15) is 0 Å². The zero-order valence-corrected chi connectivity index (χ0v) is 10.4. The lowest BCUT2D eigenvalue weighted by molar-refractivity contribution is -0.136. The van der Waals surface area contributed by atoms with Crippen LogP contribution in [0.15, 0.2) is 29.2 Å². The van der Waals surface area contributed by atoms with E-state index in [2.05, 4.69) is 16.6 Å². The lowest BCUT2D eigenvalue weighted by atomic mass is 10.2. The van der Waals surface area contributed by atoms with Gasteiger partial charge in [-0.3, -0.25) is 0 Å². The van der Waals surface area contributed by atoms with Gasteiger partial charge in [0.25, 0.3) is 0 Å². The monoisotopic (exact) mass is 252 g/mol. The van der Waals surface area contributed by atoms with E-state index in [1.807, 2.05) is 0 Å². The Labute approximate surface area is 101 Å². The van der Waals surface area contributed by atoms with Crippen molar-refractivity contribution in [2.45, 2.75) is 11.8 Å². The quantitative estimate of drug-likeness (QED) is 0.582. The first-order chi connectivity index (χ1) is 7.93. The first kappa shape index (κ1) is 13.3. The molecule has 17 heavy (non-hydrogen) atoms. The number of rotatable bonds is 2. The highest BCUT2D eigenvalue weighted by Gasteiger charge is 2.06. The Bertz CT molecular complexity index is 576. The van der Waals surface area contributed by atoms with Gasteiger partial charge in [0.05, 0.1) is 11.5 Å². The number of esters is 1.